The Balaban J connectivity index is 2.18. The molecular weight excluding hydrogens is 301 g/mol. The van der Waals surface area contributed by atoms with E-state index < -0.39 is 0 Å². The van der Waals surface area contributed by atoms with Crippen LogP contribution in [0, 0.1) is 6.92 Å². The van der Waals surface area contributed by atoms with E-state index in [4.69, 9.17) is 23.2 Å². The van der Waals surface area contributed by atoms with Gasteiger partial charge in [-0.3, -0.25) is 0 Å². The van der Waals surface area contributed by atoms with Crippen LogP contribution in [-0.4, -0.2) is 12.6 Å². The van der Waals surface area contributed by atoms with E-state index >= 15 is 0 Å². The largest absolute Gasteiger partial charge is 0.314 e. The van der Waals surface area contributed by atoms with E-state index in [1.807, 2.05) is 18.2 Å². The number of hydrogen-bond donors (Lipinski definition) is 1. The fourth-order valence-electron chi connectivity index (χ4n) is 2.58. The molecule has 3 heteroatoms. The molecular formula is C18H21Cl2N. The van der Waals surface area contributed by atoms with Crippen molar-refractivity contribution in [1.82, 2.24) is 5.32 Å². The summed E-state index contributed by atoms with van der Waals surface area (Å²) in [6.07, 6.45) is 1.81. The van der Waals surface area contributed by atoms with E-state index in [1.165, 1.54) is 11.1 Å². The molecule has 0 saturated carbocycles. The minimum Gasteiger partial charge on any atom is -0.314 e. The Bertz CT molecular complexity index is 575. The SMILES string of the molecule is CCNC(Cc1ccccc1C)Cc1c(Cl)cccc1Cl. The molecule has 0 heterocycles. The Morgan fingerprint density at radius 1 is 0.952 bits per heavy atom. The Morgan fingerprint density at radius 3 is 2.24 bits per heavy atom. The summed E-state index contributed by atoms with van der Waals surface area (Å²) in [7, 11) is 0. The van der Waals surface area contributed by atoms with E-state index in [0.717, 1.165) is 35.0 Å². The second-order valence-electron chi connectivity index (χ2n) is 5.29. The van der Waals surface area contributed by atoms with Crippen molar-refractivity contribution < 1.29 is 0 Å². The topological polar surface area (TPSA) is 12.0 Å². The van der Waals surface area contributed by atoms with E-state index in [1.54, 1.807) is 0 Å². The van der Waals surface area contributed by atoms with Crippen molar-refractivity contribution in [2.24, 2.45) is 0 Å². The molecule has 0 aliphatic rings. The molecule has 0 aliphatic heterocycles. The molecule has 2 aromatic carbocycles. The van der Waals surface area contributed by atoms with Crippen LogP contribution in [0.5, 0.6) is 0 Å². The molecule has 0 aliphatic carbocycles. The predicted molar refractivity (Wildman–Crippen MR) is 92.5 cm³/mol. The van der Waals surface area contributed by atoms with Gasteiger partial charge in [0.1, 0.15) is 0 Å². The third-order valence-electron chi connectivity index (χ3n) is 3.73. The maximum absolute atomic E-state index is 6.30. The highest BCUT2D eigenvalue weighted by Crippen LogP contribution is 2.26. The summed E-state index contributed by atoms with van der Waals surface area (Å²) in [5.41, 5.74) is 3.72. The number of rotatable bonds is 6. The smallest absolute Gasteiger partial charge is 0.0453 e. The summed E-state index contributed by atoms with van der Waals surface area (Å²) in [5.74, 6) is 0. The van der Waals surface area contributed by atoms with Crippen molar-refractivity contribution >= 4 is 23.2 Å². The first-order valence-corrected chi connectivity index (χ1v) is 8.08. The number of aryl methyl sites for hydroxylation is 1. The predicted octanol–water partition coefficient (Wildman–Crippen LogP) is 5.07. The molecule has 0 aromatic heterocycles. The lowest BCUT2D eigenvalue weighted by atomic mass is 9.96. The van der Waals surface area contributed by atoms with E-state index in [2.05, 4.69) is 43.4 Å². The molecule has 0 spiro atoms. The first kappa shape index (κ1) is 16.4. The van der Waals surface area contributed by atoms with E-state index in [-0.39, 0.29) is 0 Å². The van der Waals surface area contributed by atoms with Gasteiger partial charge in [-0.05, 0) is 55.1 Å². The first-order valence-electron chi connectivity index (χ1n) is 7.32. The van der Waals surface area contributed by atoms with E-state index in [0.29, 0.717) is 6.04 Å². The van der Waals surface area contributed by atoms with Gasteiger partial charge in [0.15, 0.2) is 0 Å². The van der Waals surface area contributed by atoms with Gasteiger partial charge in [0.2, 0.25) is 0 Å². The van der Waals surface area contributed by atoms with Crippen molar-refractivity contribution in [3.63, 3.8) is 0 Å². The molecule has 1 N–H and O–H groups in total. The normalized spacial score (nSPS) is 12.4. The average molecular weight is 322 g/mol. The molecule has 21 heavy (non-hydrogen) atoms. The van der Waals surface area contributed by atoms with Crippen molar-refractivity contribution in [3.8, 4) is 0 Å². The summed E-state index contributed by atoms with van der Waals surface area (Å²) in [6, 6.07) is 14.5. The highest BCUT2D eigenvalue weighted by molar-refractivity contribution is 6.36. The van der Waals surface area contributed by atoms with Gasteiger partial charge in [-0.15, -0.1) is 0 Å². The highest BCUT2D eigenvalue weighted by Gasteiger charge is 2.14. The molecule has 1 nitrogen and oxygen atoms in total. The fourth-order valence-corrected chi connectivity index (χ4v) is 3.14. The number of likely N-dealkylation sites (N-methyl/N-ethyl adjacent to an activating group) is 1. The Kier molecular flexibility index (Phi) is 6.10. The Morgan fingerprint density at radius 2 is 1.62 bits per heavy atom. The van der Waals surface area contributed by atoms with Crippen LogP contribution in [0.1, 0.15) is 23.6 Å². The van der Waals surface area contributed by atoms with Gasteiger partial charge in [-0.2, -0.15) is 0 Å². The second kappa shape index (κ2) is 7.84. The van der Waals surface area contributed by atoms with Crippen molar-refractivity contribution in [2.75, 3.05) is 6.54 Å². The van der Waals surface area contributed by atoms with E-state index in [9.17, 15) is 0 Å². The molecule has 1 unspecified atom stereocenters. The monoisotopic (exact) mass is 321 g/mol. The van der Waals surface area contributed by atoms with Crippen molar-refractivity contribution in [3.05, 3.63) is 69.2 Å². The zero-order valence-corrected chi connectivity index (χ0v) is 14.0. The summed E-state index contributed by atoms with van der Waals surface area (Å²) in [6.45, 7) is 5.21. The zero-order chi connectivity index (χ0) is 15.2. The molecule has 0 fully saturated rings. The van der Waals surface area contributed by atoms with Gasteiger partial charge in [-0.1, -0.05) is 60.5 Å². The zero-order valence-electron chi connectivity index (χ0n) is 12.5. The summed E-state index contributed by atoms with van der Waals surface area (Å²) in [4.78, 5) is 0. The average Bonchev–Trinajstić information content (AvgIpc) is 2.45. The quantitative estimate of drug-likeness (QED) is 0.783. The summed E-state index contributed by atoms with van der Waals surface area (Å²) < 4.78 is 0. The first-order chi connectivity index (χ1) is 10.1. The van der Waals surface area contributed by atoms with Crippen LogP contribution < -0.4 is 5.32 Å². The number of halogens is 2. The van der Waals surface area contributed by atoms with Crippen LogP contribution in [0.15, 0.2) is 42.5 Å². The summed E-state index contributed by atoms with van der Waals surface area (Å²) in [5, 5.41) is 5.04. The highest BCUT2D eigenvalue weighted by atomic mass is 35.5. The van der Waals surface area contributed by atoms with Gasteiger partial charge in [-0.25, -0.2) is 0 Å². The molecule has 0 amide bonds. The van der Waals surface area contributed by atoms with Gasteiger partial charge in [0, 0.05) is 16.1 Å². The molecule has 112 valence electrons. The summed E-state index contributed by atoms with van der Waals surface area (Å²) >= 11 is 12.6. The van der Waals surface area contributed by atoms with Crippen LogP contribution in [0.4, 0.5) is 0 Å². The van der Waals surface area contributed by atoms with Crippen molar-refractivity contribution in [2.45, 2.75) is 32.7 Å². The van der Waals surface area contributed by atoms with Gasteiger partial charge < -0.3 is 5.32 Å². The molecule has 0 bridgehead atoms. The lowest BCUT2D eigenvalue weighted by Gasteiger charge is -2.20. The number of benzene rings is 2. The fraction of sp³-hybridized carbons (Fsp3) is 0.333. The molecule has 2 rings (SSSR count). The van der Waals surface area contributed by atoms with Gasteiger partial charge >= 0.3 is 0 Å². The number of nitrogens with one attached hydrogen (secondary N) is 1. The maximum atomic E-state index is 6.30. The van der Waals surface area contributed by atoms with Crippen molar-refractivity contribution in [1.29, 1.82) is 0 Å². The van der Waals surface area contributed by atoms with Crippen LogP contribution in [0.3, 0.4) is 0 Å². The third kappa shape index (κ3) is 4.47. The minimum absolute atomic E-state index is 0.327. The van der Waals surface area contributed by atoms with Crippen LogP contribution in [0.2, 0.25) is 10.0 Å². The lowest BCUT2D eigenvalue weighted by Crippen LogP contribution is -2.33. The van der Waals surface area contributed by atoms with Crippen LogP contribution in [0.25, 0.3) is 0 Å². The minimum atomic E-state index is 0.327. The third-order valence-corrected chi connectivity index (χ3v) is 4.44. The van der Waals surface area contributed by atoms with Gasteiger partial charge in [0.25, 0.3) is 0 Å². The second-order valence-corrected chi connectivity index (χ2v) is 6.10. The molecule has 2 aromatic rings. The Hall–Kier alpha value is -1.02. The van der Waals surface area contributed by atoms with Crippen LogP contribution in [-0.2, 0) is 12.8 Å². The Labute approximate surface area is 137 Å². The molecule has 1 atom stereocenters. The number of hydrogen-bond acceptors (Lipinski definition) is 1. The lowest BCUT2D eigenvalue weighted by molar-refractivity contribution is 0.520. The van der Waals surface area contributed by atoms with Gasteiger partial charge in [0.05, 0.1) is 0 Å². The standard InChI is InChI=1S/C18H21Cl2N/c1-3-21-15(11-14-8-5-4-7-13(14)2)12-16-17(19)9-6-10-18(16)20/h4-10,15,21H,3,11-12H2,1-2H3. The maximum Gasteiger partial charge on any atom is 0.0453 e. The molecule has 0 radical (unpaired) electrons. The van der Waals surface area contributed by atoms with Crippen LogP contribution >= 0.6 is 23.2 Å². The molecule has 0 saturated heterocycles.